The zero-order valence-corrected chi connectivity index (χ0v) is 15.7. The van der Waals surface area contributed by atoms with Crippen LogP contribution in [-0.2, 0) is 16.2 Å². The standard InChI is InChI=1S/C17H18F3N3O4S/c1-10(2)15(14-9-11(7-8-21-14)16(24)22-25)23-28(26,27)13-5-3-12(4-6-13)17(18,19)20/h3-10,15,23,25H,1-2H3,(H,22,24)/t15-/m1/s1. The van der Waals surface area contributed by atoms with Crippen molar-refractivity contribution in [3.05, 3.63) is 59.4 Å². The van der Waals surface area contributed by atoms with Gasteiger partial charge in [0.1, 0.15) is 0 Å². The maximum atomic E-state index is 12.7. The molecule has 0 aliphatic rings. The fourth-order valence-electron chi connectivity index (χ4n) is 2.42. The van der Waals surface area contributed by atoms with Gasteiger partial charge in [0.05, 0.1) is 22.2 Å². The molecule has 1 atom stereocenters. The first-order chi connectivity index (χ1) is 13.0. The van der Waals surface area contributed by atoms with E-state index in [1.165, 1.54) is 23.8 Å². The van der Waals surface area contributed by atoms with E-state index in [-0.39, 0.29) is 22.1 Å². The van der Waals surface area contributed by atoms with Gasteiger partial charge in [-0.2, -0.15) is 13.2 Å². The van der Waals surface area contributed by atoms with Gasteiger partial charge in [-0.3, -0.25) is 15.0 Å². The number of carbonyl (C=O) groups is 1. The van der Waals surface area contributed by atoms with Crippen molar-refractivity contribution >= 4 is 15.9 Å². The Morgan fingerprint density at radius 2 is 1.75 bits per heavy atom. The van der Waals surface area contributed by atoms with Gasteiger partial charge in [-0.05, 0) is 42.3 Å². The second kappa shape index (κ2) is 8.25. The third-order valence-corrected chi connectivity index (χ3v) is 5.36. The lowest BCUT2D eigenvalue weighted by Crippen LogP contribution is -2.32. The summed E-state index contributed by atoms with van der Waals surface area (Å²) in [5.74, 6) is -1.10. The van der Waals surface area contributed by atoms with Gasteiger partial charge >= 0.3 is 6.18 Å². The third-order valence-electron chi connectivity index (χ3n) is 3.90. The summed E-state index contributed by atoms with van der Waals surface area (Å²) in [6, 6.07) is 4.88. The first kappa shape index (κ1) is 21.8. The highest BCUT2D eigenvalue weighted by Crippen LogP contribution is 2.30. The summed E-state index contributed by atoms with van der Waals surface area (Å²) in [6.07, 6.45) is -3.30. The molecular weight excluding hydrogens is 399 g/mol. The van der Waals surface area contributed by atoms with Crippen LogP contribution >= 0.6 is 0 Å². The molecule has 152 valence electrons. The number of aromatic nitrogens is 1. The van der Waals surface area contributed by atoms with Gasteiger partial charge in [0, 0.05) is 11.8 Å². The normalized spacial score (nSPS) is 13.4. The Bertz CT molecular complexity index is 945. The zero-order chi connectivity index (χ0) is 21.1. The van der Waals surface area contributed by atoms with Crippen LogP contribution in [0.4, 0.5) is 13.2 Å². The van der Waals surface area contributed by atoms with Crippen molar-refractivity contribution in [3.8, 4) is 0 Å². The number of hydroxylamine groups is 1. The molecule has 0 radical (unpaired) electrons. The number of amides is 1. The largest absolute Gasteiger partial charge is 0.416 e. The van der Waals surface area contributed by atoms with Crippen LogP contribution in [0.15, 0.2) is 47.5 Å². The highest BCUT2D eigenvalue weighted by molar-refractivity contribution is 7.89. The van der Waals surface area contributed by atoms with Crippen molar-refractivity contribution in [1.29, 1.82) is 0 Å². The number of nitrogens with one attached hydrogen (secondary N) is 2. The fraction of sp³-hybridized carbons (Fsp3) is 0.294. The first-order valence-electron chi connectivity index (χ1n) is 8.05. The van der Waals surface area contributed by atoms with Gasteiger partial charge in [0.2, 0.25) is 10.0 Å². The fourth-order valence-corrected chi connectivity index (χ4v) is 3.78. The molecule has 0 bridgehead atoms. The average molecular weight is 417 g/mol. The Morgan fingerprint density at radius 3 is 2.25 bits per heavy atom. The van der Waals surface area contributed by atoms with E-state index in [0.717, 1.165) is 12.1 Å². The van der Waals surface area contributed by atoms with Gasteiger partial charge in [-0.1, -0.05) is 13.8 Å². The third kappa shape index (κ3) is 5.06. The topological polar surface area (TPSA) is 108 Å². The van der Waals surface area contributed by atoms with E-state index in [9.17, 15) is 26.4 Å². The minimum Gasteiger partial charge on any atom is -0.288 e. The van der Waals surface area contributed by atoms with E-state index in [0.29, 0.717) is 12.1 Å². The molecule has 0 saturated carbocycles. The molecule has 0 fully saturated rings. The minimum absolute atomic E-state index is 0.0619. The number of hydrogen-bond donors (Lipinski definition) is 3. The van der Waals surface area contributed by atoms with E-state index >= 15 is 0 Å². The summed E-state index contributed by atoms with van der Waals surface area (Å²) >= 11 is 0. The maximum Gasteiger partial charge on any atom is 0.416 e. The summed E-state index contributed by atoms with van der Waals surface area (Å²) < 4.78 is 65.6. The molecule has 1 amide bonds. The summed E-state index contributed by atoms with van der Waals surface area (Å²) in [5, 5.41) is 8.73. The number of halogens is 3. The second-order valence-corrected chi connectivity index (χ2v) is 7.99. The van der Waals surface area contributed by atoms with Crippen molar-refractivity contribution in [2.45, 2.75) is 31.0 Å². The zero-order valence-electron chi connectivity index (χ0n) is 14.9. The van der Waals surface area contributed by atoms with Gasteiger partial charge < -0.3 is 0 Å². The van der Waals surface area contributed by atoms with Crippen molar-refractivity contribution in [1.82, 2.24) is 15.2 Å². The number of nitrogens with zero attached hydrogens (tertiary/aromatic N) is 1. The van der Waals surface area contributed by atoms with Gasteiger partial charge in [0.15, 0.2) is 0 Å². The van der Waals surface area contributed by atoms with Crippen molar-refractivity contribution in [2.24, 2.45) is 5.92 Å². The lowest BCUT2D eigenvalue weighted by Gasteiger charge is -2.22. The van der Waals surface area contributed by atoms with Gasteiger partial charge in [-0.15, -0.1) is 0 Å². The SMILES string of the molecule is CC(C)[C@@H](NS(=O)(=O)c1ccc(C(F)(F)F)cc1)c1cc(C(=O)NO)ccn1. The summed E-state index contributed by atoms with van der Waals surface area (Å²) in [6.45, 7) is 3.42. The molecule has 1 heterocycles. The van der Waals surface area contributed by atoms with Crippen LogP contribution in [-0.4, -0.2) is 24.5 Å². The van der Waals surface area contributed by atoms with Crippen LogP contribution in [0.2, 0.25) is 0 Å². The second-order valence-electron chi connectivity index (χ2n) is 6.28. The van der Waals surface area contributed by atoms with Crippen molar-refractivity contribution < 1.29 is 31.6 Å². The van der Waals surface area contributed by atoms with Gasteiger partial charge in [-0.25, -0.2) is 18.6 Å². The first-order valence-corrected chi connectivity index (χ1v) is 9.54. The summed E-state index contributed by atoms with van der Waals surface area (Å²) in [4.78, 5) is 15.3. The smallest absolute Gasteiger partial charge is 0.288 e. The maximum absolute atomic E-state index is 12.7. The molecule has 2 aromatic rings. The van der Waals surface area contributed by atoms with Crippen LogP contribution < -0.4 is 10.2 Å². The molecule has 28 heavy (non-hydrogen) atoms. The number of rotatable bonds is 6. The molecular formula is C17H18F3N3O4S. The Labute approximate surface area is 159 Å². The van der Waals surface area contributed by atoms with Crippen LogP contribution in [0, 0.1) is 5.92 Å². The molecule has 3 N–H and O–H groups in total. The molecule has 1 aromatic carbocycles. The van der Waals surface area contributed by atoms with E-state index in [2.05, 4.69) is 9.71 Å². The number of hydrogen-bond acceptors (Lipinski definition) is 5. The van der Waals surface area contributed by atoms with Crippen LogP contribution in [0.3, 0.4) is 0 Å². The summed E-state index contributed by atoms with van der Waals surface area (Å²) in [5.41, 5.74) is 0.785. The van der Waals surface area contributed by atoms with Crippen LogP contribution in [0.1, 0.15) is 41.5 Å². The van der Waals surface area contributed by atoms with E-state index in [4.69, 9.17) is 5.21 Å². The van der Waals surface area contributed by atoms with E-state index < -0.39 is 33.7 Å². The van der Waals surface area contributed by atoms with Crippen LogP contribution in [0.5, 0.6) is 0 Å². The highest BCUT2D eigenvalue weighted by atomic mass is 32.2. The molecule has 7 nitrogen and oxygen atoms in total. The lowest BCUT2D eigenvalue weighted by atomic mass is 10.0. The monoisotopic (exact) mass is 417 g/mol. The molecule has 0 spiro atoms. The predicted molar refractivity (Wildman–Crippen MR) is 92.8 cm³/mol. The lowest BCUT2D eigenvalue weighted by molar-refractivity contribution is -0.137. The van der Waals surface area contributed by atoms with Crippen molar-refractivity contribution in [3.63, 3.8) is 0 Å². The summed E-state index contributed by atoms with van der Waals surface area (Å²) in [7, 11) is -4.16. The number of carbonyl (C=O) groups excluding carboxylic acids is 1. The highest BCUT2D eigenvalue weighted by Gasteiger charge is 2.31. The van der Waals surface area contributed by atoms with Crippen molar-refractivity contribution in [2.75, 3.05) is 0 Å². The number of benzene rings is 1. The number of pyridine rings is 1. The van der Waals surface area contributed by atoms with Crippen LogP contribution in [0.25, 0.3) is 0 Å². The molecule has 0 unspecified atom stereocenters. The average Bonchev–Trinajstić information content (AvgIpc) is 2.64. The Balaban J connectivity index is 2.34. The molecule has 0 aliphatic heterocycles. The molecule has 0 aliphatic carbocycles. The number of sulfonamides is 1. The Morgan fingerprint density at radius 1 is 1.14 bits per heavy atom. The number of alkyl halides is 3. The minimum atomic E-state index is -4.58. The van der Waals surface area contributed by atoms with Gasteiger partial charge in [0.25, 0.3) is 5.91 Å². The Kier molecular flexibility index (Phi) is 6.42. The molecule has 11 heteroatoms. The van der Waals surface area contributed by atoms with E-state index in [1.54, 1.807) is 13.8 Å². The van der Waals surface area contributed by atoms with E-state index in [1.807, 2.05) is 0 Å². The Hall–Kier alpha value is -2.50. The molecule has 0 saturated heterocycles. The quantitative estimate of drug-likeness (QED) is 0.495. The molecule has 2 rings (SSSR count). The predicted octanol–water partition coefficient (Wildman–Crippen LogP) is 2.90. The molecule has 1 aromatic heterocycles.